The summed E-state index contributed by atoms with van der Waals surface area (Å²) in [5, 5.41) is 3.00. The number of anilines is 1. The van der Waals surface area contributed by atoms with Gasteiger partial charge in [-0.25, -0.2) is 8.42 Å². The highest BCUT2D eigenvalue weighted by Crippen LogP contribution is 2.26. The number of nitrogens with one attached hydrogen (secondary N) is 2. The monoisotopic (exact) mass is 434 g/mol. The lowest BCUT2D eigenvalue weighted by atomic mass is 10.0. The molecule has 31 heavy (non-hydrogen) atoms. The van der Waals surface area contributed by atoms with Crippen LogP contribution < -0.4 is 10.0 Å². The Hall–Kier alpha value is -3.12. The van der Waals surface area contributed by atoms with Gasteiger partial charge in [-0.15, -0.1) is 0 Å². The predicted molar refractivity (Wildman–Crippen MR) is 123 cm³/mol. The van der Waals surface area contributed by atoms with Crippen LogP contribution in [0.5, 0.6) is 0 Å². The standard InChI is InChI=1S/C25H26N2O3S/c1-17-11-12-22(16-24(17)31(29,30)27-23-9-4-3-5-10-23)25(28)26-18(2)20-14-13-19-7-6-8-21(19)15-20/h3-5,9-16,18,27H,6-8H2,1-2H3,(H,26,28)/t18-/m1/s1. The van der Waals surface area contributed by atoms with Crippen LogP contribution in [0.2, 0.25) is 0 Å². The second-order valence-corrected chi connectivity index (χ2v) is 9.68. The lowest BCUT2D eigenvalue weighted by Crippen LogP contribution is -2.27. The second kappa shape index (κ2) is 8.55. The molecule has 3 aromatic carbocycles. The van der Waals surface area contributed by atoms with E-state index < -0.39 is 10.0 Å². The molecule has 6 heteroatoms. The fourth-order valence-electron chi connectivity index (χ4n) is 3.97. The van der Waals surface area contributed by atoms with Crippen LogP contribution in [0.1, 0.15) is 52.0 Å². The molecular weight excluding hydrogens is 408 g/mol. The van der Waals surface area contributed by atoms with Gasteiger partial charge in [-0.3, -0.25) is 9.52 Å². The zero-order chi connectivity index (χ0) is 22.0. The zero-order valence-electron chi connectivity index (χ0n) is 17.7. The van der Waals surface area contributed by atoms with E-state index in [1.165, 1.54) is 23.6 Å². The van der Waals surface area contributed by atoms with E-state index in [4.69, 9.17) is 0 Å². The largest absolute Gasteiger partial charge is 0.346 e. The number of amides is 1. The fourth-order valence-corrected chi connectivity index (χ4v) is 5.30. The van der Waals surface area contributed by atoms with Gasteiger partial charge in [0.05, 0.1) is 10.9 Å². The first-order valence-electron chi connectivity index (χ1n) is 10.4. The van der Waals surface area contributed by atoms with E-state index in [1.54, 1.807) is 43.3 Å². The van der Waals surface area contributed by atoms with Crippen molar-refractivity contribution in [2.24, 2.45) is 0 Å². The van der Waals surface area contributed by atoms with Crippen LogP contribution in [0.4, 0.5) is 5.69 Å². The number of aryl methyl sites for hydroxylation is 3. The van der Waals surface area contributed by atoms with Crippen LogP contribution in [0.25, 0.3) is 0 Å². The first-order chi connectivity index (χ1) is 14.8. The highest BCUT2D eigenvalue weighted by atomic mass is 32.2. The zero-order valence-corrected chi connectivity index (χ0v) is 18.5. The summed E-state index contributed by atoms with van der Waals surface area (Å²) in [6.45, 7) is 3.66. The molecule has 3 aromatic rings. The first kappa shape index (κ1) is 21.1. The molecule has 1 amide bonds. The van der Waals surface area contributed by atoms with Crippen molar-refractivity contribution >= 4 is 21.6 Å². The van der Waals surface area contributed by atoms with Crippen LogP contribution in [0.15, 0.2) is 71.6 Å². The molecule has 160 valence electrons. The minimum atomic E-state index is -3.82. The quantitative estimate of drug-likeness (QED) is 0.586. The summed E-state index contributed by atoms with van der Waals surface area (Å²) in [4.78, 5) is 13.0. The van der Waals surface area contributed by atoms with Gasteiger partial charge in [0.25, 0.3) is 15.9 Å². The number of benzene rings is 3. The van der Waals surface area contributed by atoms with Gasteiger partial charge < -0.3 is 5.32 Å². The number of rotatable bonds is 6. The minimum Gasteiger partial charge on any atom is -0.346 e. The number of carbonyl (C=O) groups excluding carboxylic acids is 1. The molecule has 0 aliphatic heterocycles. The van der Waals surface area contributed by atoms with Crippen molar-refractivity contribution < 1.29 is 13.2 Å². The van der Waals surface area contributed by atoms with Crippen molar-refractivity contribution in [3.63, 3.8) is 0 Å². The lowest BCUT2D eigenvalue weighted by Gasteiger charge is -2.17. The lowest BCUT2D eigenvalue weighted by molar-refractivity contribution is 0.0939. The summed E-state index contributed by atoms with van der Waals surface area (Å²) in [5.74, 6) is -0.302. The van der Waals surface area contributed by atoms with Crippen molar-refractivity contribution in [1.29, 1.82) is 0 Å². The topological polar surface area (TPSA) is 75.3 Å². The van der Waals surface area contributed by atoms with Crippen molar-refractivity contribution in [3.05, 3.63) is 94.5 Å². The summed E-state index contributed by atoms with van der Waals surface area (Å²) in [6, 6.07) is 19.6. The Labute approximate surface area is 183 Å². The van der Waals surface area contributed by atoms with Crippen molar-refractivity contribution in [2.45, 2.75) is 44.0 Å². The molecule has 0 fully saturated rings. The van der Waals surface area contributed by atoms with E-state index in [0.717, 1.165) is 18.4 Å². The Morgan fingerprint density at radius 1 is 0.935 bits per heavy atom. The van der Waals surface area contributed by atoms with E-state index >= 15 is 0 Å². The Balaban J connectivity index is 1.54. The molecule has 4 rings (SSSR count). The van der Waals surface area contributed by atoms with Crippen LogP contribution in [0.3, 0.4) is 0 Å². The van der Waals surface area contributed by atoms with E-state index in [0.29, 0.717) is 16.8 Å². The van der Waals surface area contributed by atoms with Crippen LogP contribution >= 0.6 is 0 Å². The van der Waals surface area contributed by atoms with Gasteiger partial charge in [-0.2, -0.15) is 0 Å². The molecule has 0 saturated carbocycles. The molecule has 1 aliphatic rings. The number of carbonyl (C=O) groups is 1. The molecule has 1 aliphatic carbocycles. The van der Waals surface area contributed by atoms with E-state index in [9.17, 15) is 13.2 Å². The van der Waals surface area contributed by atoms with Crippen LogP contribution in [0, 0.1) is 6.92 Å². The van der Waals surface area contributed by atoms with Crippen LogP contribution in [-0.4, -0.2) is 14.3 Å². The SMILES string of the molecule is Cc1ccc(C(=O)N[C@H](C)c2ccc3c(c2)CCC3)cc1S(=O)(=O)Nc1ccccc1. The number of para-hydroxylation sites is 1. The average Bonchev–Trinajstić information content (AvgIpc) is 3.22. The Morgan fingerprint density at radius 3 is 2.45 bits per heavy atom. The van der Waals surface area contributed by atoms with Gasteiger partial charge in [-0.05, 0) is 79.6 Å². The summed E-state index contributed by atoms with van der Waals surface area (Å²) >= 11 is 0. The van der Waals surface area contributed by atoms with Gasteiger partial charge in [0, 0.05) is 11.3 Å². The van der Waals surface area contributed by atoms with Gasteiger partial charge >= 0.3 is 0 Å². The number of fused-ring (bicyclic) bond motifs is 1. The Kier molecular flexibility index (Phi) is 5.83. The maximum atomic E-state index is 12.9. The third-order valence-electron chi connectivity index (χ3n) is 5.74. The smallest absolute Gasteiger partial charge is 0.262 e. The molecule has 1 atom stereocenters. The van der Waals surface area contributed by atoms with Crippen LogP contribution in [-0.2, 0) is 22.9 Å². The van der Waals surface area contributed by atoms with E-state index in [1.807, 2.05) is 13.0 Å². The molecule has 0 spiro atoms. The maximum absolute atomic E-state index is 12.9. The molecular formula is C25H26N2O3S. The number of hydrogen-bond donors (Lipinski definition) is 2. The number of sulfonamides is 1. The molecule has 0 heterocycles. The first-order valence-corrected chi connectivity index (χ1v) is 11.9. The summed E-state index contributed by atoms with van der Waals surface area (Å²) < 4.78 is 28.4. The second-order valence-electron chi connectivity index (χ2n) is 8.03. The molecule has 0 radical (unpaired) electrons. The molecule has 0 aromatic heterocycles. The highest BCUT2D eigenvalue weighted by Gasteiger charge is 2.21. The van der Waals surface area contributed by atoms with Crippen molar-refractivity contribution in [3.8, 4) is 0 Å². The predicted octanol–water partition coefficient (Wildman–Crippen LogP) is 4.78. The van der Waals surface area contributed by atoms with Crippen molar-refractivity contribution in [1.82, 2.24) is 5.32 Å². The molecule has 0 bridgehead atoms. The summed E-state index contributed by atoms with van der Waals surface area (Å²) in [5.41, 5.74) is 5.16. The molecule has 5 nitrogen and oxygen atoms in total. The highest BCUT2D eigenvalue weighted by molar-refractivity contribution is 7.92. The molecule has 2 N–H and O–H groups in total. The van der Waals surface area contributed by atoms with Gasteiger partial charge in [-0.1, -0.05) is 42.5 Å². The van der Waals surface area contributed by atoms with Gasteiger partial charge in [0.15, 0.2) is 0 Å². The number of hydrogen-bond acceptors (Lipinski definition) is 3. The average molecular weight is 435 g/mol. The van der Waals surface area contributed by atoms with E-state index in [-0.39, 0.29) is 16.8 Å². The van der Waals surface area contributed by atoms with Gasteiger partial charge in [0.1, 0.15) is 0 Å². The van der Waals surface area contributed by atoms with E-state index in [2.05, 4.69) is 28.2 Å². The Bertz CT molecular complexity index is 1220. The fraction of sp³-hybridized carbons (Fsp3) is 0.240. The van der Waals surface area contributed by atoms with Crippen molar-refractivity contribution in [2.75, 3.05) is 4.72 Å². The molecule has 0 saturated heterocycles. The Morgan fingerprint density at radius 2 is 1.68 bits per heavy atom. The minimum absolute atomic E-state index is 0.0918. The third kappa shape index (κ3) is 4.64. The molecule has 0 unspecified atom stereocenters. The third-order valence-corrected chi connectivity index (χ3v) is 7.26. The summed E-state index contributed by atoms with van der Waals surface area (Å²) in [6.07, 6.45) is 3.38. The normalized spacial score (nSPS) is 14.0. The summed E-state index contributed by atoms with van der Waals surface area (Å²) in [7, 11) is -3.82. The maximum Gasteiger partial charge on any atom is 0.262 e. The van der Waals surface area contributed by atoms with Gasteiger partial charge in [0.2, 0.25) is 0 Å².